The van der Waals surface area contributed by atoms with Crippen LogP contribution in [-0.4, -0.2) is 51.9 Å². The summed E-state index contributed by atoms with van der Waals surface area (Å²) in [6.45, 7) is 3.79. The minimum absolute atomic E-state index is 0.187. The van der Waals surface area contributed by atoms with Gasteiger partial charge >= 0.3 is 0 Å². The highest BCUT2D eigenvalue weighted by Gasteiger charge is 2.43. The Morgan fingerprint density at radius 1 is 1.47 bits per heavy atom. The lowest BCUT2D eigenvalue weighted by Crippen LogP contribution is -2.34. The first-order valence-electron chi connectivity index (χ1n) is 10.2. The fourth-order valence-corrected chi connectivity index (χ4v) is 3.17. The molecule has 1 amide bonds. The summed E-state index contributed by atoms with van der Waals surface area (Å²) in [5.41, 5.74) is 9.28. The Morgan fingerprint density at radius 3 is 2.81 bits per heavy atom. The van der Waals surface area contributed by atoms with Gasteiger partial charge in [-0.05, 0) is 25.3 Å². The maximum atomic E-state index is 13.1. The van der Waals surface area contributed by atoms with E-state index in [1.807, 2.05) is 19.9 Å². The first-order chi connectivity index (χ1) is 15.4. The van der Waals surface area contributed by atoms with Crippen LogP contribution in [-0.2, 0) is 4.79 Å². The number of dihydropyridines is 1. The Bertz CT molecular complexity index is 1030. The molecule has 1 saturated carbocycles. The zero-order chi connectivity index (χ0) is 23.3. The molecule has 10 nitrogen and oxygen atoms in total. The first kappa shape index (κ1) is 22.9. The number of aromatic nitrogens is 2. The molecule has 0 aromatic carbocycles. The van der Waals surface area contributed by atoms with E-state index in [4.69, 9.17) is 10.9 Å². The second kappa shape index (κ2) is 10.0. The van der Waals surface area contributed by atoms with Crippen LogP contribution < -0.4 is 21.7 Å². The van der Waals surface area contributed by atoms with Crippen molar-refractivity contribution < 1.29 is 14.4 Å². The van der Waals surface area contributed by atoms with E-state index in [-0.39, 0.29) is 24.1 Å². The predicted molar refractivity (Wildman–Crippen MR) is 121 cm³/mol. The Balaban J connectivity index is 1.81. The molecule has 3 unspecified atom stereocenters. The third-order valence-corrected chi connectivity index (χ3v) is 5.12. The number of carbonyl (C=O) groups is 1. The largest absolute Gasteiger partial charge is 0.411 e. The highest BCUT2D eigenvalue weighted by atomic mass is 19.1. The van der Waals surface area contributed by atoms with Crippen LogP contribution in [0.25, 0.3) is 5.57 Å². The molecule has 6 N–H and O–H groups in total. The van der Waals surface area contributed by atoms with E-state index in [1.165, 1.54) is 6.33 Å². The maximum Gasteiger partial charge on any atom is 0.231 e. The van der Waals surface area contributed by atoms with E-state index in [0.29, 0.717) is 29.1 Å². The first-order valence-corrected chi connectivity index (χ1v) is 10.2. The van der Waals surface area contributed by atoms with Crippen molar-refractivity contribution in [3.8, 4) is 0 Å². The molecule has 32 heavy (non-hydrogen) atoms. The lowest BCUT2D eigenvalue weighted by molar-refractivity contribution is -0.117. The number of nitrogens with two attached hydrogens (primary N) is 1. The summed E-state index contributed by atoms with van der Waals surface area (Å²) in [6, 6.07) is 1.33. The van der Waals surface area contributed by atoms with Crippen molar-refractivity contribution in [1.82, 2.24) is 20.6 Å². The Labute approximate surface area is 185 Å². The summed E-state index contributed by atoms with van der Waals surface area (Å²) >= 11 is 0. The van der Waals surface area contributed by atoms with Crippen molar-refractivity contribution in [3.63, 3.8) is 0 Å². The van der Waals surface area contributed by atoms with Crippen LogP contribution in [0.2, 0.25) is 0 Å². The molecule has 1 aliphatic carbocycles. The van der Waals surface area contributed by atoms with Gasteiger partial charge in [0, 0.05) is 25.5 Å². The van der Waals surface area contributed by atoms with Gasteiger partial charge in [-0.15, -0.1) is 0 Å². The summed E-state index contributed by atoms with van der Waals surface area (Å²) < 4.78 is 13.1. The van der Waals surface area contributed by atoms with Crippen molar-refractivity contribution in [1.29, 1.82) is 0 Å². The maximum absolute atomic E-state index is 13.1. The number of aliphatic imine (C=N–C) groups is 1. The molecule has 0 bridgehead atoms. The normalized spacial score (nSPS) is 23.6. The van der Waals surface area contributed by atoms with Crippen LogP contribution >= 0.6 is 0 Å². The molecule has 2 heterocycles. The fraction of sp³-hybridized carbons (Fsp3) is 0.381. The molecule has 3 rings (SSSR count). The van der Waals surface area contributed by atoms with E-state index in [1.54, 1.807) is 25.5 Å². The molecule has 0 saturated heterocycles. The lowest BCUT2D eigenvalue weighted by atomic mass is 10.0. The minimum Gasteiger partial charge on any atom is -0.411 e. The van der Waals surface area contributed by atoms with Gasteiger partial charge in [0.15, 0.2) is 0 Å². The summed E-state index contributed by atoms with van der Waals surface area (Å²) in [5.74, 6) is -0.593. The topological polar surface area (TPSA) is 150 Å². The number of allylic oxidation sites excluding steroid dienone is 1. The van der Waals surface area contributed by atoms with E-state index >= 15 is 0 Å². The van der Waals surface area contributed by atoms with Crippen LogP contribution in [0.5, 0.6) is 0 Å². The lowest BCUT2D eigenvalue weighted by Gasteiger charge is -2.21. The number of nitrogens with zero attached hydrogens (tertiary/aromatic N) is 4. The van der Waals surface area contributed by atoms with Gasteiger partial charge in [0.2, 0.25) is 5.91 Å². The summed E-state index contributed by atoms with van der Waals surface area (Å²) in [5, 5.41) is 21.1. The fourth-order valence-electron chi connectivity index (χ4n) is 3.17. The van der Waals surface area contributed by atoms with Gasteiger partial charge < -0.3 is 26.9 Å². The van der Waals surface area contributed by atoms with Gasteiger partial charge in [-0.3, -0.25) is 4.79 Å². The molecule has 11 heteroatoms. The minimum atomic E-state index is -1.09. The number of anilines is 1. The molecular weight excluding hydrogens is 415 g/mol. The molecule has 3 atom stereocenters. The van der Waals surface area contributed by atoms with Crippen molar-refractivity contribution in [2.24, 2.45) is 21.8 Å². The number of amides is 1. The number of nitrogens with one attached hydrogen (secondary N) is 3. The number of carbonyl (C=O) groups excluding carboxylic acids is 1. The van der Waals surface area contributed by atoms with Gasteiger partial charge in [0.25, 0.3) is 0 Å². The number of hydrogen-bond donors (Lipinski definition) is 5. The Hall–Kier alpha value is -3.76. The van der Waals surface area contributed by atoms with Gasteiger partial charge in [-0.2, -0.15) is 0 Å². The number of amidine groups is 1. The van der Waals surface area contributed by atoms with Crippen molar-refractivity contribution >= 4 is 28.8 Å². The van der Waals surface area contributed by atoms with Crippen LogP contribution in [0.4, 0.5) is 10.2 Å². The number of rotatable bonds is 8. The SMILES string of the molecule is CC/C(=N\O)C1C=C(C)C(N=C(N)/C(=C\NC)c2cc(NC(=O)C3CC3F)ncn2)=CN1. The number of alkyl halides is 1. The van der Waals surface area contributed by atoms with Gasteiger partial charge in [0.1, 0.15) is 24.2 Å². The monoisotopic (exact) mass is 442 g/mol. The Morgan fingerprint density at radius 2 is 2.22 bits per heavy atom. The van der Waals surface area contributed by atoms with Gasteiger partial charge in [-0.1, -0.05) is 18.2 Å². The number of hydrogen-bond acceptors (Lipinski definition) is 8. The highest BCUT2D eigenvalue weighted by molar-refractivity contribution is 6.21. The van der Waals surface area contributed by atoms with Gasteiger partial charge in [0.05, 0.1) is 34.6 Å². The number of halogens is 1. The van der Waals surface area contributed by atoms with E-state index < -0.39 is 18.0 Å². The molecular formula is C21H27FN8O2. The second-order valence-electron chi connectivity index (χ2n) is 7.45. The molecule has 0 spiro atoms. The van der Waals surface area contributed by atoms with E-state index in [2.05, 4.69) is 36.1 Å². The summed E-state index contributed by atoms with van der Waals surface area (Å²) in [4.78, 5) is 24.8. The van der Waals surface area contributed by atoms with Crippen LogP contribution in [0.15, 0.2) is 52.3 Å². The van der Waals surface area contributed by atoms with Gasteiger partial charge in [-0.25, -0.2) is 19.4 Å². The average molecular weight is 442 g/mol. The molecule has 170 valence electrons. The smallest absolute Gasteiger partial charge is 0.231 e. The van der Waals surface area contributed by atoms with Crippen molar-refractivity contribution in [2.45, 2.75) is 38.9 Å². The molecule has 1 aromatic rings. The predicted octanol–water partition coefficient (Wildman–Crippen LogP) is 1.69. The van der Waals surface area contributed by atoms with E-state index in [0.717, 1.165) is 5.57 Å². The third-order valence-electron chi connectivity index (χ3n) is 5.12. The third kappa shape index (κ3) is 5.29. The molecule has 1 fully saturated rings. The zero-order valence-corrected chi connectivity index (χ0v) is 18.1. The zero-order valence-electron chi connectivity index (χ0n) is 18.1. The summed E-state index contributed by atoms with van der Waals surface area (Å²) in [6.07, 6.45) is 6.27. The summed E-state index contributed by atoms with van der Waals surface area (Å²) in [7, 11) is 1.71. The Kier molecular flexibility index (Phi) is 7.18. The molecule has 2 aliphatic rings. The van der Waals surface area contributed by atoms with Crippen LogP contribution in [0.3, 0.4) is 0 Å². The molecule has 1 aliphatic heterocycles. The number of oxime groups is 1. The van der Waals surface area contributed by atoms with E-state index in [9.17, 15) is 9.18 Å². The molecule has 1 aromatic heterocycles. The van der Waals surface area contributed by atoms with Crippen molar-refractivity contribution in [2.75, 3.05) is 12.4 Å². The standard InChI is InChI=1S/C21H27FN8O2/c1-4-15(30-32)17-5-11(2)18(9-25-17)28-20(23)13(8-24-3)16-7-19(27-10-26-16)29-21(31)12-6-14(12)22/h5,7-10,12,14,17,24-25,32H,4,6H2,1-3H3,(H2,23,28)(H,26,27,29,31)/b13-8-,30-15+. The van der Waals surface area contributed by atoms with Crippen LogP contribution in [0, 0.1) is 5.92 Å². The highest BCUT2D eigenvalue weighted by Crippen LogP contribution is 2.34. The average Bonchev–Trinajstić information content (AvgIpc) is 3.51. The quantitative estimate of drug-likeness (QED) is 0.178. The van der Waals surface area contributed by atoms with Crippen molar-refractivity contribution in [3.05, 3.63) is 47.8 Å². The second-order valence-corrected chi connectivity index (χ2v) is 7.45. The molecule has 0 radical (unpaired) electrons. The van der Waals surface area contributed by atoms with Crippen LogP contribution in [0.1, 0.15) is 32.4 Å².